The second-order valence-corrected chi connectivity index (χ2v) is 6.98. The number of nitrogens with one attached hydrogen (secondary N) is 1. The van der Waals surface area contributed by atoms with Gasteiger partial charge in [0.1, 0.15) is 11.3 Å². The molecule has 0 spiro atoms. The Bertz CT molecular complexity index is 900. The van der Waals surface area contributed by atoms with E-state index in [0.29, 0.717) is 29.3 Å². The minimum Gasteiger partial charge on any atom is -0.494 e. The smallest absolute Gasteiger partial charge is 0.241 e. The van der Waals surface area contributed by atoms with Crippen molar-refractivity contribution in [3.63, 3.8) is 0 Å². The summed E-state index contributed by atoms with van der Waals surface area (Å²) in [5.41, 5.74) is 1.32. The first-order chi connectivity index (χ1) is 11.5. The molecule has 0 bridgehead atoms. The van der Waals surface area contributed by atoms with Gasteiger partial charge in [0.15, 0.2) is 5.58 Å². The lowest BCUT2D eigenvalue weighted by atomic mass is 10.3. The topological polar surface area (TPSA) is 81.4 Å². The lowest BCUT2D eigenvalue weighted by Gasteiger charge is -2.11. The monoisotopic (exact) mass is 346 g/mol. The fourth-order valence-corrected chi connectivity index (χ4v) is 3.50. The van der Waals surface area contributed by atoms with Crippen LogP contribution in [0.5, 0.6) is 5.75 Å². The Kier molecular flexibility index (Phi) is 4.55. The molecule has 1 N–H and O–H groups in total. The Morgan fingerprint density at radius 2 is 1.88 bits per heavy atom. The number of oxazole rings is 1. The van der Waals surface area contributed by atoms with Gasteiger partial charge in [0, 0.05) is 0 Å². The molecule has 6 nitrogen and oxygen atoms in total. The highest BCUT2D eigenvalue weighted by Gasteiger charge is 2.21. The predicted octanol–water partition coefficient (Wildman–Crippen LogP) is 3.27. The summed E-state index contributed by atoms with van der Waals surface area (Å²) in [6.07, 6.45) is 0. The van der Waals surface area contributed by atoms with Crippen molar-refractivity contribution < 1.29 is 17.6 Å². The maximum atomic E-state index is 12.5. The molecule has 0 radical (unpaired) electrons. The quantitative estimate of drug-likeness (QED) is 0.741. The van der Waals surface area contributed by atoms with Crippen molar-refractivity contribution in [3.8, 4) is 5.75 Å². The zero-order valence-electron chi connectivity index (χ0n) is 13.4. The van der Waals surface area contributed by atoms with Gasteiger partial charge in [-0.05, 0) is 50.2 Å². The number of nitrogens with zero attached hydrogens (tertiary/aromatic N) is 1. The lowest BCUT2D eigenvalue weighted by molar-refractivity contribution is 0.340. The summed E-state index contributed by atoms with van der Waals surface area (Å²) < 4.78 is 38.5. The molecular formula is C17H18N2O4S. The van der Waals surface area contributed by atoms with Crippen LogP contribution in [0.3, 0.4) is 0 Å². The molecule has 1 aromatic heterocycles. The van der Waals surface area contributed by atoms with Gasteiger partial charge >= 0.3 is 0 Å². The number of para-hydroxylation sites is 2. The summed E-state index contributed by atoms with van der Waals surface area (Å²) in [6, 6.07) is 13.0. The van der Waals surface area contributed by atoms with Gasteiger partial charge in [-0.25, -0.2) is 13.4 Å². The van der Waals surface area contributed by atoms with Crippen molar-refractivity contribution in [2.24, 2.45) is 0 Å². The first kappa shape index (κ1) is 16.5. The molecule has 24 heavy (non-hydrogen) atoms. The SMILES string of the molecule is CCOc1ccc(S(=O)(=O)NC(C)c2nc3ccccc3o2)cc1. The fraction of sp³-hybridized carbons (Fsp3) is 0.235. The van der Waals surface area contributed by atoms with E-state index in [9.17, 15) is 8.42 Å². The van der Waals surface area contributed by atoms with Crippen molar-refractivity contribution in [3.05, 3.63) is 54.4 Å². The van der Waals surface area contributed by atoms with Crippen LogP contribution in [-0.2, 0) is 10.0 Å². The number of hydrogen-bond donors (Lipinski definition) is 1. The average Bonchev–Trinajstić information content (AvgIpc) is 2.99. The molecule has 0 amide bonds. The van der Waals surface area contributed by atoms with Gasteiger partial charge in [0.25, 0.3) is 0 Å². The van der Waals surface area contributed by atoms with E-state index in [4.69, 9.17) is 9.15 Å². The zero-order chi connectivity index (χ0) is 17.2. The molecule has 1 atom stereocenters. The Hall–Kier alpha value is -2.38. The highest BCUT2D eigenvalue weighted by molar-refractivity contribution is 7.89. The lowest BCUT2D eigenvalue weighted by Crippen LogP contribution is -2.27. The van der Waals surface area contributed by atoms with Crippen LogP contribution < -0.4 is 9.46 Å². The predicted molar refractivity (Wildman–Crippen MR) is 90.4 cm³/mol. The molecule has 0 saturated carbocycles. The van der Waals surface area contributed by atoms with E-state index in [0.717, 1.165) is 0 Å². The normalized spacial score (nSPS) is 13.1. The van der Waals surface area contributed by atoms with Crippen LogP contribution in [0.1, 0.15) is 25.8 Å². The number of ether oxygens (including phenoxy) is 1. The molecule has 0 saturated heterocycles. The Balaban J connectivity index is 1.80. The third-order valence-electron chi connectivity index (χ3n) is 3.46. The van der Waals surface area contributed by atoms with Crippen molar-refractivity contribution >= 4 is 21.1 Å². The molecule has 1 heterocycles. The minimum absolute atomic E-state index is 0.161. The van der Waals surface area contributed by atoms with Gasteiger partial charge in [-0.1, -0.05) is 12.1 Å². The van der Waals surface area contributed by atoms with Crippen LogP contribution in [0.4, 0.5) is 0 Å². The number of fused-ring (bicyclic) bond motifs is 1. The fourth-order valence-electron chi connectivity index (χ4n) is 2.31. The Labute approximate surface area is 140 Å². The number of aromatic nitrogens is 1. The van der Waals surface area contributed by atoms with Crippen LogP contribution in [0.25, 0.3) is 11.1 Å². The molecule has 2 aromatic carbocycles. The van der Waals surface area contributed by atoms with Crippen LogP contribution in [-0.4, -0.2) is 20.0 Å². The zero-order valence-corrected chi connectivity index (χ0v) is 14.2. The van der Waals surface area contributed by atoms with Crippen molar-refractivity contribution in [2.75, 3.05) is 6.61 Å². The highest BCUT2D eigenvalue weighted by Crippen LogP contribution is 2.22. The molecular weight excluding hydrogens is 328 g/mol. The third-order valence-corrected chi connectivity index (χ3v) is 5.01. The second kappa shape index (κ2) is 6.62. The third kappa shape index (κ3) is 3.42. The largest absolute Gasteiger partial charge is 0.494 e. The maximum absolute atomic E-state index is 12.5. The summed E-state index contributed by atoms with van der Waals surface area (Å²) in [7, 11) is -3.68. The van der Waals surface area contributed by atoms with Crippen molar-refractivity contribution in [1.29, 1.82) is 0 Å². The van der Waals surface area contributed by atoms with Crippen LogP contribution in [0, 0.1) is 0 Å². The van der Waals surface area contributed by atoms with E-state index in [1.54, 1.807) is 25.1 Å². The van der Waals surface area contributed by atoms with Crippen molar-refractivity contribution in [1.82, 2.24) is 9.71 Å². The number of hydrogen-bond acceptors (Lipinski definition) is 5. The summed E-state index contributed by atoms with van der Waals surface area (Å²) in [6.45, 7) is 4.09. The summed E-state index contributed by atoms with van der Waals surface area (Å²) >= 11 is 0. The van der Waals surface area contributed by atoms with Crippen LogP contribution in [0.15, 0.2) is 57.8 Å². The molecule has 3 aromatic rings. The molecule has 0 aliphatic rings. The summed E-state index contributed by atoms with van der Waals surface area (Å²) in [5, 5.41) is 0. The van der Waals surface area contributed by atoms with Crippen LogP contribution in [0.2, 0.25) is 0 Å². The van der Waals surface area contributed by atoms with Gasteiger partial charge in [-0.15, -0.1) is 0 Å². The number of rotatable bonds is 6. The number of sulfonamides is 1. The van der Waals surface area contributed by atoms with E-state index in [1.807, 2.05) is 25.1 Å². The van der Waals surface area contributed by atoms with Gasteiger partial charge in [-0.3, -0.25) is 0 Å². The van der Waals surface area contributed by atoms with Gasteiger partial charge in [0.05, 0.1) is 17.5 Å². The first-order valence-electron chi connectivity index (χ1n) is 7.60. The summed E-state index contributed by atoms with van der Waals surface area (Å²) in [5.74, 6) is 0.953. The molecule has 126 valence electrons. The minimum atomic E-state index is -3.68. The van der Waals surface area contributed by atoms with E-state index in [2.05, 4.69) is 9.71 Å². The molecule has 0 aliphatic carbocycles. The van der Waals surface area contributed by atoms with Crippen LogP contribution >= 0.6 is 0 Å². The van der Waals surface area contributed by atoms with E-state index >= 15 is 0 Å². The Morgan fingerprint density at radius 3 is 2.54 bits per heavy atom. The molecule has 7 heteroatoms. The highest BCUT2D eigenvalue weighted by atomic mass is 32.2. The maximum Gasteiger partial charge on any atom is 0.241 e. The standard InChI is InChI=1S/C17H18N2O4S/c1-3-22-13-8-10-14(11-9-13)24(20,21)19-12(2)17-18-15-6-4-5-7-16(15)23-17/h4-12,19H,3H2,1-2H3. The average molecular weight is 346 g/mol. The molecule has 0 fully saturated rings. The van der Waals surface area contributed by atoms with Gasteiger partial charge < -0.3 is 9.15 Å². The van der Waals surface area contributed by atoms with Crippen molar-refractivity contribution in [2.45, 2.75) is 24.8 Å². The van der Waals surface area contributed by atoms with E-state index in [1.165, 1.54) is 12.1 Å². The van der Waals surface area contributed by atoms with E-state index in [-0.39, 0.29) is 4.90 Å². The van der Waals surface area contributed by atoms with Gasteiger partial charge in [0.2, 0.25) is 15.9 Å². The molecule has 3 rings (SSSR count). The first-order valence-corrected chi connectivity index (χ1v) is 9.08. The number of benzene rings is 2. The molecule has 1 unspecified atom stereocenters. The summed E-state index contributed by atoms with van der Waals surface area (Å²) in [4.78, 5) is 4.48. The van der Waals surface area contributed by atoms with Gasteiger partial charge in [-0.2, -0.15) is 4.72 Å². The molecule has 0 aliphatic heterocycles. The Morgan fingerprint density at radius 1 is 1.17 bits per heavy atom. The second-order valence-electron chi connectivity index (χ2n) is 5.27. The van der Waals surface area contributed by atoms with E-state index < -0.39 is 16.1 Å².